The zero-order chi connectivity index (χ0) is 15.1. The number of aliphatic hydroxyl groups excluding tert-OH is 1. The first-order valence-electron chi connectivity index (χ1n) is 7.65. The number of amides is 2. The molecule has 0 radical (unpaired) electrons. The number of carbonyl (C=O) groups is 2. The summed E-state index contributed by atoms with van der Waals surface area (Å²) in [6, 6.07) is -0.227. The van der Waals surface area contributed by atoms with Crippen molar-refractivity contribution in [2.24, 2.45) is 0 Å². The van der Waals surface area contributed by atoms with Crippen molar-refractivity contribution in [3.05, 3.63) is 0 Å². The van der Waals surface area contributed by atoms with Crippen LogP contribution in [0.3, 0.4) is 0 Å². The van der Waals surface area contributed by atoms with Gasteiger partial charge in [0.1, 0.15) is 6.04 Å². The molecule has 3 fully saturated rings. The Bertz CT molecular complexity index is 444. The van der Waals surface area contributed by atoms with Gasteiger partial charge in [0.25, 0.3) is 0 Å². The largest absolute Gasteiger partial charge is 0.480 e. The third kappa shape index (κ3) is 2.60. The number of likely N-dealkylation sites (N-methyl/N-ethyl adjacent to an activating group) is 1. The molecule has 2 bridgehead atoms. The number of carbonyl (C=O) groups excluding carboxylic acids is 1. The van der Waals surface area contributed by atoms with Crippen molar-refractivity contribution in [2.45, 2.75) is 49.9 Å². The Labute approximate surface area is 124 Å². The van der Waals surface area contributed by atoms with Gasteiger partial charge in [0.2, 0.25) is 0 Å². The lowest BCUT2D eigenvalue weighted by Crippen LogP contribution is -2.50. The van der Waals surface area contributed by atoms with Crippen LogP contribution in [0.1, 0.15) is 25.7 Å². The van der Waals surface area contributed by atoms with Crippen molar-refractivity contribution >= 4 is 12.0 Å². The zero-order valence-corrected chi connectivity index (χ0v) is 12.3. The molecule has 0 aromatic heterocycles. The van der Waals surface area contributed by atoms with E-state index >= 15 is 0 Å². The standard InChI is InChI=1S/C14H23N3O4/c1-15-9-2-3-10(15)7-16(5-4-9)14(21)17-8-11(18)6-12(17)13(19)20/h9-12,18H,2-8H2,1H3,(H,19,20). The first-order chi connectivity index (χ1) is 9.97. The molecule has 3 saturated heterocycles. The number of aliphatic carboxylic acids is 1. The minimum absolute atomic E-state index is 0.121. The summed E-state index contributed by atoms with van der Waals surface area (Å²) in [5, 5.41) is 18.9. The molecule has 0 spiro atoms. The van der Waals surface area contributed by atoms with Crippen molar-refractivity contribution in [2.75, 3.05) is 26.7 Å². The van der Waals surface area contributed by atoms with Gasteiger partial charge in [-0.3, -0.25) is 4.90 Å². The Morgan fingerprint density at radius 3 is 2.52 bits per heavy atom. The van der Waals surface area contributed by atoms with E-state index in [9.17, 15) is 19.8 Å². The van der Waals surface area contributed by atoms with Gasteiger partial charge in [0.15, 0.2) is 0 Å². The molecule has 3 heterocycles. The summed E-state index contributed by atoms with van der Waals surface area (Å²) < 4.78 is 0. The summed E-state index contributed by atoms with van der Waals surface area (Å²) in [6.45, 7) is 1.45. The highest BCUT2D eigenvalue weighted by atomic mass is 16.4. The van der Waals surface area contributed by atoms with Gasteiger partial charge in [0, 0.05) is 38.1 Å². The Morgan fingerprint density at radius 2 is 1.81 bits per heavy atom. The molecule has 7 heteroatoms. The minimum Gasteiger partial charge on any atom is -0.480 e. The predicted octanol–water partition coefficient (Wildman–Crippen LogP) is -0.205. The quantitative estimate of drug-likeness (QED) is 0.700. The van der Waals surface area contributed by atoms with E-state index in [1.54, 1.807) is 4.90 Å². The van der Waals surface area contributed by atoms with Gasteiger partial charge in [0.05, 0.1) is 6.10 Å². The van der Waals surface area contributed by atoms with Crippen LogP contribution < -0.4 is 0 Å². The maximum absolute atomic E-state index is 12.7. The first kappa shape index (κ1) is 14.6. The van der Waals surface area contributed by atoms with Gasteiger partial charge in [-0.25, -0.2) is 9.59 Å². The van der Waals surface area contributed by atoms with E-state index in [4.69, 9.17) is 0 Å². The maximum Gasteiger partial charge on any atom is 0.326 e. The first-order valence-corrected chi connectivity index (χ1v) is 7.65. The Kier molecular flexibility index (Phi) is 3.79. The van der Waals surface area contributed by atoms with Crippen LogP contribution in [0.25, 0.3) is 0 Å². The maximum atomic E-state index is 12.7. The smallest absolute Gasteiger partial charge is 0.326 e. The van der Waals surface area contributed by atoms with Crippen molar-refractivity contribution in [3.8, 4) is 0 Å². The third-order valence-corrected chi connectivity index (χ3v) is 5.23. The number of aliphatic hydroxyl groups is 1. The topological polar surface area (TPSA) is 84.3 Å². The van der Waals surface area contributed by atoms with Gasteiger partial charge >= 0.3 is 12.0 Å². The number of rotatable bonds is 1. The van der Waals surface area contributed by atoms with E-state index in [0.29, 0.717) is 25.2 Å². The molecule has 4 unspecified atom stereocenters. The fourth-order valence-electron chi connectivity index (χ4n) is 3.92. The van der Waals surface area contributed by atoms with Crippen molar-refractivity contribution < 1.29 is 19.8 Å². The number of hydrogen-bond donors (Lipinski definition) is 2. The number of nitrogens with zero attached hydrogens (tertiary/aromatic N) is 3. The third-order valence-electron chi connectivity index (χ3n) is 5.23. The molecule has 3 rings (SSSR count). The van der Waals surface area contributed by atoms with Crippen molar-refractivity contribution in [3.63, 3.8) is 0 Å². The number of fused-ring (bicyclic) bond motifs is 2. The summed E-state index contributed by atoms with van der Waals surface area (Å²) in [4.78, 5) is 29.4. The second-order valence-electron chi connectivity index (χ2n) is 6.46. The Hall–Kier alpha value is -1.34. The van der Waals surface area contributed by atoms with E-state index < -0.39 is 18.1 Å². The molecule has 0 aromatic rings. The number of carboxylic acids is 1. The van der Waals surface area contributed by atoms with E-state index in [1.807, 2.05) is 0 Å². The molecule has 4 atom stereocenters. The van der Waals surface area contributed by atoms with Crippen molar-refractivity contribution in [1.82, 2.24) is 14.7 Å². The summed E-state index contributed by atoms with van der Waals surface area (Å²) in [7, 11) is 2.11. The molecule has 0 aliphatic carbocycles. The fraction of sp³-hybridized carbons (Fsp3) is 0.857. The van der Waals surface area contributed by atoms with Crippen molar-refractivity contribution in [1.29, 1.82) is 0 Å². The van der Waals surface area contributed by atoms with Gasteiger partial charge < -0.3 is 20.0 Å². The molecule has 21 heavy (non-hydrogen) atoms. The number of carboxylic acid groups (broad SMARTS) is 1. The van der Waals surface area contributed by atoms with Crippen LogP contribution in [-0.2, 0) is 4.79 Å². The lowest BCUT2D eigenvalue weighted by atomic mass is 10.1. The van der Waals surface area contributed by atoms with E-state index in [-0.39, 0.29) is 19.0 Å². The number of likely N-dealkylation sites (tertiary alicyclic amines) is 2. The minimum atomic E-state index is -1.03. The second-order valence-corrected chi connectivity index (χ2v) is 6.46. The highest BCUT2D eigenvalue weighted by molar-refractivity contribution is 5.83. The van der Waals surface area contributed by atoms with E-state index in [0.717, 1.165) is 12.8 Å². The van der Waals surface area contributed by atoms with Gasteiger partial charge in [-0.05, 0) is 26.3 Å². The van der Waals surface area contributed by atoms with E-state index in [2.05, 4.69) is 11.9 Å². The van der Waals surface area contributed by atoms with Gasteiger partial charge in [-0.2, -0.15) is 0 Å². The summed E-state index contributed by atoms with van der Waals surface area (Å²) in [6.07, 6.45) is 2.61. The molecule has 0 aromatic carbocycles. The van der Waals surface area contributed by atoms with Crippen LogP contribution in [0.5, 0.6) is 0 Å². The SMILES string of the molecule is CN1C2CCC1CN(C(=O)N1CC(O)CC1C(=O)O)CC2. The highest BCUT2D eigenvalue weighted by Crippen LogP contribution is 2.29. The molecule has 2 N–H and O–H groups in total. The fourth-order valence-corrected chi connectivity index (χ4v) is 3.92. The van der Waals surface area contributed by atoms with Crippen LogP contribution in [0.15, 0.2) is 0 Å². The molecule has 2 amide bonds. The van der Waals surface area contributed by atoms with Crippen LogP contribution in [-0.4, -0.2) is 87.8 Å². The van der Waals surface area contributed by atoms with Crippen LogP contribution in [0.4, 0.5) is 4.79 Å². The molecule has 118 valence electrons. The zero-order valence-electron chi connectivity index (χ0n) is 12.3. The molecule has 7 nitrogen and oxygen atoms in total. The van der Waals surface area contributed by atoms with Gasteiger partial charge in [-0.1, -0.05) is 0 Å². The summed E-state index contributed by atoms with van der Waals surface area (Å²) >= 11 is 0. The molecule has 3 aliphatic heterocycles. The Balaban J connectivity index is 1.71. The summed E-state index contributed by atoms with van der Waals surface area (Å²) in [5.74, 6) is -1.03. The average molecular weight is 297 g/mol. The lowest BCUT2D eigenvalue weighted by Gasteiger charge is -2.31. The normalized spacial score (nSPS) is 36.9. The molecule has 0 saturated carbocycles. The lowest BCUT2D eigenvalue weighted by molar-refractivity contribution is -0.141. The number of β-amino-alcohol motifs (C(OH)–C–C–N with tert-alkyl or cyclic N) is 1. The number of hydrogen-bond acceptors (Lipinski definition) is 4. The summed E-state index contributed by atoms with van der Waals surface area (Å²) in [5.41, 5.74) is 0. The predicted molar refractivity (Wildman–Crippen MR) is 74.9 cm³/mol. The molecular formula is C14H23N3O4. The van der Waals surface area contributed by atoms with Gasteiger partial charge in [-0.15, -0.1) is 0 Å². The average Bonchev–Trinajstić information content (AvgIpc) is 2.90. The monoisotopic (exact) mass is 297 g/mol. The van der Waals surface area contributed by atoms with Crippen LogP contribution in [0, 0.1) is 0 Å². The van der Waals surface area contributed by atoms with Crippen LogP contribution in [0.2, 0.25) is 0 Å². The highest BCUT2D eigenvalue weighted by Gasteiger charge is 2.43. The Morgan fingerprint density at radius 1 is 1.10 bits per heavy atom. The molecular weight excluding hydrogens is 274 g/mol. The van der Waals surface area contributed by atoms with E-state index in [1.165, 1.54) is 11.3 Å². The number of urea groups is 1. The molecule has 3 aliphatic rings. The van der Waals surface area contributed by atoms with Crippen LogP contribution >= 0.6 is 0 Å². The second kappa shape index (κ2) is 5.46.